The molecule has 118 valence electrons. The van der Waals surface area contributed by atoms with Gasteiger partial charge >= 0.3 is 5.97 Å². The maximum absolute atomic E-state index is 11.7. The fourth-order valence-corrected chi connectivity index (χ4v) is 2.32. The lowest BCUT2D eigenvalue weighted by Crippen LogP contribution is -2.20. The number of amides is 1. The van der Waals surface area contributed by atoms with E-state index in [1.54, 1.807) is 48.5 Å². The summed E-state index contributed by atoms with van der Waals surface area (Å²) in [5, 5.41) is 3.21. The van der Waals surface area contributed by atoms with E-state index in [0.717, 1.165) is 10.0 Å². The number of nitrogens with one attached hydrogen (secondary N) is 1. The van der Waals surface area contributed by atoms with Gasteiger partial charge in [0.1, 0.15) is 0 Å². The summed E-state index contributed by atoms with van der Waals surface area (Å²) < 4.78 is 5.72. The molecule has 0 atom stereocenters. The second-order valence-corrected chi connectivity index (χ2v) is 5.91. The van der Waals surface area contributed by atoms with E-state index in [1.807, 2.05) is 6.07 Å². The van der Waals surface area contributed by atoms with Gasteiger partial charge in [0.25, 0.3) is 5.91 Å². The third-order valence-corrected chi connectivity index (χ3v) is 3.44. The Labute approximate surface area is 147 Å². The molecule has 0 bridgehead atoms. The van der Waals surface area contributed by atoms with E-state index in [2.05, 4.69) is 21.2 Å². The number of anilines is 1. The second kappa shape index (κ2) is 8.50. The minimum Gasteiger partial charge on any atom is -0.452 e. The molecule has 0 heterocycles. The topological polar surface area (TPSA) is 55.4 Å². The average molecular weight is 395 g/mol. The highest BCUT2D eigenvalue weighted by atomic mass is 79.9. The van der Waals surface area contributed by atoms with Crippen molar-refractivity contribution in [2.24, 2.45) is 0 Å². The van der Waals surface area contributed by atoms with Crippen LogP contribution in [0.1, 0.15) is 5.56 Å². The molecule has 6 heteroatoms. The van der Waals surface area contributed by atoms with Crippen molar-refractivity contribution in [3.63, 3.8) is 0 Å². The highest BCUT2D eigenvalue weighted by Crippen LogP contribution is 2.15. The van der Waals surface area contributed by atoms with Gasteiger partial charge in [0.05, 0.1) is 0 Å². The van der Waals surface area contributed by atoms with Gasteiger partial charge in [-0.15, -0.1) is 0 Å². The highest BCUT2D eigenvalue weighted by molar-refractivity contribution is 9.10. The van der Waals surface area contributed by atoms with Crippen LogP contribution in [0.5, 0.6) is 0 Å². The van der Waals surface area contributed by atoms with Crippen molar-refractivity contribution < 1.29 is 14.3 Å². The molecule has 0 aliphatic heterocycles. The second-order valence-electron chi connectivity index (χ2n) is 4.55. The number of rotatable bonds is 5. The van der Waals surface area contributed by atoms with E-state index in [0.29, 0.717) is 10.7 Å². The lowest BCUT2D eigenvalue weighted by molar-refractivity contribution is -0.142. The van der Waals surface area contributed by atoms with Crippen molar-refractivity contribution in [1.82, 2.24) is 0 Å². The number of hydrogen-bond acceptors (Lipinski definition) is 3. The molecule has 2 rings (SSSR count). The summed E-state index contributed by atoms with van der Waals surface area (Å²) in [5.74, 6) is -1.01. The lowest BCUT2D eigenvalue weighted by atomic mass is 10.2. The molecule has 4 nitrogen and oxygen atoms in total. The molecule has 2 aromatic rings. The Morgan fingerprint density at radius 3 is 2.70 bits per heavy atom. The predicted molar refractivity (Wildman–Crippen MR) is 94.2 cm³/mol. The summed E-state index contributed by atoms with van der Waals surface area (Å²) in [6.45, 7) is -0.356. The number of carbonyl (C=O) groups is 2. The molecule has 23 heavy (non-hydrogen) atoms. The molecule has 2 aromatic carbocycles. The van der Waals surface area contributed by atoms with Gasteiger partial charge in [-0.25, -0.2) is 4.79 Å². The predicted octanol–water partition coefficient (Wildman–Crippen LogP) is 4.30. The smallest absolute Gasteiger partial charge is 0.331 e. The molecule has 1 N–H and O–H groups in total. The van der Waals surface area contributed by atoms with Crippen LogP contribution in [-0.4, -0.2) is 18.5 Å². The first-order valence-corrected chi connectivity index (χ1v) is 7.86. The Balaban J connectivity index is 1.81. The van der Waals surface area contributed by atoms with Gasteiger partial charge in [0.2, 0.25) is 0 Å². The van der Waals surface area contributed by atoms with Crippen LogP contribution in [0.15, 0.2) is 59.1 Å². The first kappa shape index (κ1) is 17.2. The molecule has 0 fully saturated rings. The third kappa shape index (κ3) is 6.26. The summed E-state index contributed by atoms with van der Waals surface area (Å²) in [5.41, 5.74) is 1.39. The van der Waals surface area contributed by atoms with Crippen molar-refractivity contribution in [3.05, 3.63) is 69.7 Å². The van der Waals surface area contributed by atoms with Crippen molar-refractivity contribution in [2.45, 2.75) is 0 Å². The number of esters is 1. The van der Waals surface area contributed by atoms with Crippen LogP contribution in [0.25, 0.3) is 6.08 Å². The quantitative estimate of drug-likeness (QED) is 0.608. The summed E-state index contributed by atoms with van der Waals surface area (Å²) in [7, 11) is 0. The van der Waals surface area contributed by atoms with E-state index < -0.39 is 11.9 Å². The Morgan fingerprint density at radius 2 is 1.96 bits per heavy atom. The van der Waals surface area contributed by atoms with Gasteiger partial charge in [-0.2, -0.15) is 0 Å². The molecule has 0 saturated carbocycles. The molecule has 0 unspecified atom stereocenters. The normalized spacial score (nSPS) is 10.5. The van der Waals surface area contributed by atoms with Crippen LogP contribution in [-0.2, 0) is 14.3 Å². The molecular formula is C17H13BrClNO3. The zero-order chi connectivity index (χ0) is 16.7. The van der Waals surface area contributed by atoms with Crippen molar-refractivity contribution in [2.75, 3.05) is 11.9 Å². The summed E-state index contributed by atoms with van der Waals surface area (Å²) in [6.07, 6.45) is 2.82. The van der Waals surface area contributed by atoms with Crippen molar-refractivity contribution in [1.29, 1.82) is 0 Å². The number of hydrogen-bond donors (Lipinski definition) is 1. The molecule has 0 saturated heterocycles. The van der Waals surface area contributed by atoms with Crippen LogP contribution in [0.3, 0.4) is 0 Å². The highest BCUT2D eigenvalue weighted by Gasteiger charge is 2.06. The molecule has 0 spiro atoms. The number of carbonyl (C=O) groups excluding carboxylic acids is 2. The van der Waals surface area contributed by atoms with Crippen molar-refractivity contribution >= 4 is 51.2 Å². The lowest BCUT2D eigenvalue weighted by Gasteiger charge is -2.05. The maximum Gasteiger partial charge on any atom is 0.331 e. The molecule has 1 amide bonds. The third-order valence-electron chi connectivity index (χ3n) is 2.71. The van der Waals surface area contributed by atoms with Crippen LogP contribution in [0, 0.1) is 0 Å². The van der Waals surface area contributed by atoms with Crippen LogP contribution >= 0.6 is 27.5 Å². The monoisotopic (exact) mass is 393 g/mol. The van der Waals surface area contributed by atoms with Gasteiger partial charge < -0.3 is 10.1 Å². The number of halogens is 2. The number of benzene rings is 2. The first-order valence-electron chi connectivity index (χ1n) is 6.69. The van der Waals surface area contributed by atoms with Gasteiger partial charge in [-0.05, 0) is 42.0 Å². The Morgan fingerprint density at radius 1 is 1.17 bits per heavy atom. The summed E-state index contributed by atoms with van der Waals surface area (Å²) in [4.78, 5) is 23.3. The van der Waals surface area contributed by atoms with Gasteiger partial charge in [-0.3, -0.25) is 4.79 Å². The standard InChI is InChI=1S/C17H13BrClNO3/c18-13-4-2-6-15(10-13)20-16(21)11-23-17(22)8-7-12-3-1-5-14(19)9-12/h1-10H,11H2,(H,20,21)/b8-7+. The van der Waals surface area contributed by atoms with Gasteiger partial charge in [0, 0.05) is 21.3 Å². The zero-order valence-corrected chi connectivity index (χ0v) is 14.3. The summed E-state index contributed by atoms with van der Waals surface area (Å²) in [6, 6.07) is 14.2. The fourth-order valence-electron chi connectivity index (χ4n) is 1.72. The summed E-state index contributed by atoms with van der Waals surface area (Å²) >= 11 is 9.15. The molecule has 0 aliphatic rings. The Hall–Kier alpha value is -2.11. The largest absolute Gasteiger partial charge is 0.452 e. The van der Waals surface area contributed by atoms with E-state index in [1.165, 1.54) is 6.08 Å². The fraction of sp³-hybridized carbons (Fsp3) is 0.0588. The van der Waals surface area contributed by atoms with Gasteiger partial charge in [0.15, 0.2) is 6.61 Å². The SMILES string of the molecule is O=C(COC(=O)/C=C/c1cccc(Cl)c1)Nc1cccc(Br)c1. The maximum atomic E-state index is 11.7. The molecular weight excluding hydrogens is 382 g/mol. The van der Waals surface area contributed by atoms with Crippen LogP contribution in [0.4, 0.5) is 5.69 Å². The minimum absolute atomic E-state index is 0.356. The van der Waals surface area contributed by atoms with E-state index >= 15 is 0 Å². The number of ether oxygens (including phenoxy) is 1. The average Bonchev–Trinajstić information content (AvgIpc) is 2.51. The first-order chi connectivity index (χ1) is 11.0. The van der Waals surface area contributed by atoms with Crippen LogP contribution in [0.2, 0.25) is 5.02 Å². The van der Waals surface area contributed by atoms with Crippen LogP contribution < -0.4 is 5.32 Å². The van der Waals surface area contributed by atoms with E-state index in [4.69, 9.17) is 16.3 Å². The Bertz CT molecular complexity index is 746. The Kier molecular flexibility index (Phi) is 6.38. The van der Waals surface area contributed by atoms with Crippen molar-refractivity contribution in [3.8, 4) is 0 Å². The minimum atomic E-state index is -0.602. The molecule has 0 radical (unpaired) electrons. The zero-order valence-electron chi connectivity index (χ0n) is 12.0. The molecule has 0 aliphatic carbocycles. The van der Waals surface area contributed by atoms with E-state index in [9.17, 15) is 9.59 Å². The van der Waals surface area contributed by atoms with E-state index in [-0.39, 0.29) is 6.61 Å². The van der Waals surface area contributed by atoms with Gasteiger partial charge in [-0.1, -0.05) is 45.7 Å². The molecule has 0 aromatic heterocycles.